The summed E-state index contributed by atoms with van der Waals surface area (Å²) in [5.41, 5.74) is 9.65. The summed E-state index contributed by atoms with van der Waals surface area (Å²) in [6.07, 6.45) is 2.88. The van der Waals surface area contributed by atoms with Crippen LogP contribution in [0.15, 0.2) is 48.8 Å². The van der Waals surface area contributed by atoms with E-state index in [1.54, 1.807) is 16.9 Å². The Kier molecular flexibility index (Phi) is 2.95. The van der Waals surface area contributed by atoms with Gasteiger partial charge in [0.1, 0.15) is 11.5 Å². The van der Waals surface area contributed by atoms with E-state index < -0.39 is 0 Å². The zero-order valence-corrected chi connectivity index (χ0v) is 10.9. The molecule has 4 nitrogen and oxygen atoms in total. The largest absolute Gasteiger partial charge is 0.396 e. The quantitative estimate of drug-likeness (QED) is 0.777. The van der Waals surface area contributed by atoms with E-state index in [1.165, 1.54) is 11.6 Å². The molecule has 1 aromatic carbocycles. The van der Waals surface area contributed by atoms with Gasteiger partial charge in [-0.05, 0) is 31.2 Å². The maximum atomic E-state index is 12.9. The Morgan fingerprint density at radius 3 is 2.50 bits per heavy atom. The summed E-state index contributed by atoms with van der Waals surface area (Å²) in [4.78, 5) is 4.00. The minimum absolute atomic E-state index is 0.384. The van der Waals surface area contributed by atoms with Crippen LogP contribution in [0.3, 0.4) is 0 Å². The third-order valence-electron chi connectivity index (χ3n) is 3.01. The van der Waals surface area contributed by atoms with Gasteiger partial charge in [-0.3, -0.25) is 4.98 Å². The van der Waals surface area contributed by atoms with E-state index in [1.807, 2.05) is 31.2 Å². The normalized spacial score (nSPS) is 10.7. The second kappa shape index (κ2) is 4.77. The molecule has 2 aromatic heterocycles. The number of hydrogen-bond donors (Lipinski definition) is 1. The van der Waals surface area contributed by atoms with Crippen LogP contribution in [0, 0.1) is 12.7 Å². The Balaban J connectivity index is 2.02. The van der Waals surface area contributed by atoms with Crippen LogP contribution in [0.2, 0.25) is 0 Å². The zero-order chi connectivity index (χ0) is 14.1. The number of rotatable bonds is 2. The third kappa shape index (κ3) is 2.25. The second-order valence-electron chi connectivity index (χ2n) is 4.57. The molecule has 0 bridgehead atoms. The van der Waals surface area contributed by atoms with Gasteiger partial charge in [0.2, 0.25) is 0 Å². The van der Waals surface area contributed by atoms with Crippen LogP contribution in [0.4, 0.5) is 10.1 Å². The van der Waals surface area contributed by atoms with Crippen molar-refractivity contribution in [1.82, 2.24) is 14.8 Å². The number of pyridine rings is 1. The number of benzene rings is 1. The van der Waals surface area contributed by atoms with Gasteiger partial charge in [0, 0.05) is 0 Å². The van der Waals surface area contributed by atoms with Gasteiger partial charge < -0.3 is 5.73 Å². The summed E-state index contributed by atoms with van der Waals surface area (Å²) in [6, 6.07) is 10.8. The first-order valence-electron chi connectivity index (χ1n) is 6.17. The van der Waals surface area contributed by atoms with E-state index >= 15 is 0 Å². The first-order valence-corrected chi connectivity index (χ1v) is 6.17. The standard InChI is InChI=1S/C15H13FN4/c1-10-2-5-12(6-3-10)20-9-13(17)15(19-20)14-7-4-11(16)8-18-14/h2-9H,17H2,1H3. The number of aromatic nitrogens is 3. The van der Waals surface area contributed by atoms with Crippen LogP contribution < -0.4 is 5.73 Å². The maximum Gasteiger partial charge on any atom is 0.141 e. The molecule has 3 rings (SSSR count). The highest BCUT2D eigenvalue weighted by Crippen LogP contribution is 2.23. The Morgan fingerprint density at radius 1 is 1.10 bits per heavy atom. The summed E-state index contributed by atoms with van der Waals surface area (Å²) in [5.74, 6) is -0.384. The topological polar surface area (TPSA) is 56.7 Å². The fraction of sp³-hybridized carbons (Fsp3) is 0.0667. The van der Waals surface area contributed by atoms with Crippen LogP contribution in [0.1, 0.15) is 5.56 Å². The van der Waals surface area contributed by atoms with Gasteiger partial charge in [-0.2, -0.15) is 5.10 Å². The van der Waals surface area contributed by atoms with Gasteiger partial charge in [0.05, 0.1) is 29.5 Å². The van der Waals surface area contributed by atoms with Crippen molar-refractivity contribution < 1.29 is 4.39 Å². The summed E-state index contributed by atoms with van der Waals surface area (Å²) in [7, 11) is 0. The summed E-state index contributed by atoms with van der Waals surface area (Å²) >= 11 is 0. The molecular weight excluding hydrogens is 255 g/mol. The predicted molar refractivity (Wildman–Crippen MR) is 75.9 cm³/mol. The Bertz CT molecular complexity index is 730. The molecular formula is C15H13FN4. The molecule has 0 aliphatic rings. The zero-order valence-electron chi connectivity index (χ0n) is 10.9. The highest BCUT2D eigenvalue weighted by molar-refractivity contribution is 5.69. The highest BCUT2D eigenvalue weighted by atomic mass is 19.1. The number of hydrogen-bond acceptors (Lipinski definition) is 3. The summed E-state index contributed by atoms with van der Waals surface area (Å²) in [5, 5.41) is 4.42. The molecule has 0 aliphatic heterocycles. The number of nitrogens with two attached hydrogens (primary N) is 1. The Labute approximate surface area is 115 Å². The summed E-state index contributed by atoms with van der Waals surface area (Å²) < 4.78 is 14.6. The second-order valence-corrected chi connectivity index (χ2v) is 4.57. The minimum atomic E-state index is -0.384. The van der Waals surface area contributed by atoms with E-state index in [2.05, 4.69) is 10.1 Å². The number of nitrogens with zero attached hydrogens (tertiary/aromatic N) is 3. The van der Waals surface area contributed by atoms with Crippen molar-refractivity contribution in [2.75, 3.05) is 5.73 Å². The van der Waals surface area contributed by atoms with Crippen LogP contribution in [-0.4, -0.2) is 14.8 Å². The van der Waals surface area contributed by atoms with Crippen molar-refractivity contribution in [1.29, 1.82) is 0 Å². The number of aryl methyl sites for hydroxylation is 1. The average Bonchev–Trinajstić information content (AvgIpc) is 2.82. The van der Waals surface area contributed by atoms with Crippen molar-refractivity contribution in [3.63, 3.8) is 0 Å². The number of halogens is 1. The van der Waals surface area contributed by atoms with Gasteiger partial charge in [-0.1, -0.05) is 17.7 Å². The lowest BCUT2D eigenvalue weighted by Gasteiger charge is -2.01. The first kappa shape index (κ1) is 12.3. The Hall–Kier alpha value is -2.69. The maximum absolute atomic E-state index is 12.9. The van der Waals surface area contributed by atoms with Crippen molar-refractivity contribution in [2.45, 2.75) is 6.92 Å². The molecule has 0 aliphatic carbocycles. The number of nitrogen functional groups attached to an aromatic ring is 1. The lowest BCUT2D eigenvalue weighted by Crippen LogP contribution is -1.95. The van der Waals surface area contributed by atoms with Crippen molar-refractivity contribution >= 4 is 5.69 Å². The Morgan fingerprint density at radius 2 is 1.85 bits per heavy atom. The van der Waals surface area contributed by atoms with Crippen molar-refractivity contribution in [3.05, 3.63) is 60.2 Å². The SMILES string of the molecule is Cc1ccc(-n2cc(N)c(-c3ccc(F)cn3)n2)cc1. The molecule has 2 N–H and O–H groups in total. The molecule has 0 fully saturated rings. The smallest absolute Gasteiger partial charge is 0.141 e. The average molecular weight is 268 g/mol. The van der Waals surface area contributed by atoms with E-state index in [9.17, 15) is 4.39 Å². The van der Waals surface area contributed by atoms with Crippen molar-refractivity contribution in [3.8, 4) is 17.1 Å². The molecule has 100 valence electrons. The highest BCUT2D eigenvalue weighted by Gasteiger charge is 2.10. The molecule has 0 amide bonds. The monoisotopic (exact) mass is 268 g/mol. The van der Waals surface area contributed by atoms with Crippen LogP contribution in [0.5, 0.6) is 0 Å². The van der Waals surface area contributed by atoms with Crippen LogP contribution >= 0.6 is 0 Å². The molecule has 5 heteroatoms. The van der Waals surface area contributed by atoms with Gasteiger partial charge >= 0.3 is 0 Å². The molecule has 2 heterocycles. The predicted octanol–water partition coefficient (Wildman–Crippen LogP) is 2.96. The van der Waals surface area contributed by atoms with E-state index in [4.69, 9.17) is 5.73 Å². The molecule has 0 saturated heterocycles. The van der Waals surface area contributed by atoms with Gasteiger partial charge in [-0.25, -0.2) is 9.07 Å². The minimum Gasteiger partial charge on any atom is -0.396 e. The fourth-order valence-corrected chi connectivity index (χ4v) is 1.93. The molecule has 0 radical (unpaired) electrons. The molecule has 0 saturated carbocycles. The number of anilines is 1. The van der Waals surface area contributed by atoms with Gasteiger partial charge in [0.15, 0.2) is 0 Å². The third-order valence-corrected chi connectivity index (χ3v) is 3.01. The fourth-order valence-electron chi connectivity index (χ4n) is 1.93. The van der Waals surface area contributed by atoms with Crippen LogP contribution in [0.25, 0.3) is 17.1 Å². The van der Waals surface area contributed by atoms with E-state index in [0.717, 1.165) is 11.9 Å². The molecule has 0 spiro atoms. The molecule has 0 unspecified atom stereocenters. The molecule has 0 atom stereocenters. The molecule has 20 heavy (non-hydrogen) atoms. The first-order chi connectivity index (χ1) is 9.63. The van der Waals surface area contributed by atoms with Crippen LogP contribution in [-0.2, 0) is 0 Å². The van der Waals surface area contributed by atoms with Gasteiger partial charge in [-0.15, -0.1) is 0 Å². The van der Waals surface area contributed by atoms with E-state index in [-0.39, 0.29) is 5.82 Å². The van der Waals surface area contributed by atoms with Gasteiger partial charge in [0.25, 0.3) is 0 Å². The van der Waals surface area contributed by atoms with E-state index in [0.29, 0.717) is 17.1 Å². The summed E-state index contributed by atoms with van der Waals surface area (Å²) in [6.45, 7) is 2.02. The lowest BCUT2D eigenvalue weighted by molar-refractivity contribution is 0.621. The lowest BCUT2D eigenvalue weighted by atomic mass is 10.2. The van der Waals surface area contributed by atoms with Crippen molar-refractivity contribution in [2.24, 2.45) is 0 Å². The molecule has 3 aromatic rings.